The summed E-state index contributed by atoms with van der Waals surface area (Å²) in [6.07, 6.45) is 3.64. The number of fused-ring (bicyclic) bond motifs is 1. The van der Waals surface area contributed by atoms with Gasteiger partial charge in [0, 0.05) is 26.8 Å². The zero-order chi connectivity index (χ0) is 12.4. The molecule has 0 aliphatic rings. The zero-order valence-corrected chi connectivity index (χ0v) is 10.6. The molecule has 5 heteroatoms. The Morgan fingerprint density at radius 2 is 2.24 bits per heavy atom. The fraction of sp³-hybridized carbons (Fsp3) is 0.500. The SMILES string of the molecule is CC(CN)CN(C)c1nccc2c1ncn2C. The largest absolute Gasteiger partial charge is 0.358 e. The summed E-state index contributed by atoms with van der Waals surface area (Å²) in [6.45, 7) is 3.71. The molecular weight excluding hydrogens is 214 g/mol. The van der Waals surface area contributed by atoms with Crippen LogP contribution in [0.2, 0.25) is 0 Å². The Labute approximate surface area is 101 Å². The molecule has 2 aromatic heterocycles. The quantitative estimate of drug-likeness (QED) is 0.856. The Morgan fingerprint density at radius 3 is 2.94 bits per heavy atom. The van der Waals surface area contributed by atoms with Crippen molar-refractivity contribution in [2.45, 2.75) is 6.92 Å². The second-order valence-corrected chi connectivity index (χ2v) is 4.58. The molecule has 1 unspecified atom stereocenters. The van der Waals surface area contributed by atoms with Crippen LogP contribution in [0.4, 0.5) is 5.82 Å². The molecule has 0 aromatic carbocycles. The third kappa shape index (κ3) is 2.24. The van der Waals surface area contributed by atoms with Gasteiger partial charge in [0.1, 0.15) is 5.52 Å². The van der Waals surface area contributed by atoms with E-state index in [1.807, 2.05) is 37.3 Å². The van der Waals surface area contributed by atoms with Crippen LogP contribution in [0.1, 0.15) is 6.92 Å². The molecule has 0 fully saturated rings. The van der Waals surface area contributed by atoms with Crippen molar-refractivity contribution in [1.82, 2.24) is 14.5 Å². The van der Waals surface area contributed by atoms with Gasteiger partial charge in [-0.1, -0.05) is 6.92 Å². The maximum Gasteiger partial charge on any atom is 0.156 e. The van der Waals surface area contributed by atoms with Crippen LogP contribution in [0.3, 0.4) is 0 Å². The summed E-state index contributed by atoms with van der Waals surface area (Å²) in [5, 5.41) is 0. The van der Waals surface area contributed by atoms with E-state index in [4.69, 9.17) is 5.73 Å². The number of aromatic nitrogens is 3. The van der Waals surface area contributed by atoms with E-state index in [-0.39, 0.29) is 0 Å². The lowest BCUT2D eigenvalue weighted by Crippen LogP contribution is -2.28. The average molecular weight is 233 g/mol. The van der Waals surface area contributed by atoms with Gasteiger partial charge in [-0.05, 0) is 18.5 Å². The summed E-state index contributed by atoms with van der Waals surface area (Å²) < 4.78 is 2.00. The van der Waals surface area contributed by atoms with Gasteiger partial charge in [-0.3, -0.25) is 0 Å². The first kappa shape index (κ1) is 11.9. The number of nitrogens with zero attached hydrogens (tertiary/aromatic N) is 4. The highest BCUT2D eigenvalue weighted by Gasteiger charge is 2.12. The van der Waals surface area contributed by atoms with E-state index in [2.05, 4.69) is 21.8 Å². The van der Waals surface area contributed by atoms with E-state index in [0.717, 1.165) is 23.4 Å². The van der Waals surface area contributed by atoms with Gasteiger partial charge < -0.3 is 15.2 Å². The van der Waals surface area contributed by atoms with Crippen molar-refractivity contribution in [2.24, 2.45) is 18.7 Å². The Bertz CT molecular complexity index is 505. The van der Waals surface area contributed by atoms with Crippen molar-refractivity contribution in [3.63, 3.8) is 0 Å². The van der Waals surface area contributed by atoms with E-state index < -0.39 is 0 Å². The number of aryl methyl sites for hydroxylation is 1. The summed E-state index contributed by atoms with van der Waals surface area (Å²) in [7, 11) is 4.02. The molecule has 0 saturated heterocycles. The van der Waals surface area contributed by atoms with Crippen LogP contribution in [0.15, 0.2) is 18.6 Å². The molecule has 17 heavy (non-hydrogen) atoms. The maximum atomic E-state index is 5.65. The lowest BCUT2D eigenvalue weighted by atomic mass is 10.2. The van der Waals surface area contributed by atoms with Crippen LogP contribution < -0.4 is 10.6 Å². The summed E-state index contributed by atoms with van der Waals surface area (Å²) in [4.78, 5) is 10.9. The lowest BCUT2D eigenvalue weighted by molar-refractivity contribution is 0.588. The summed E-state index contributed by atoms with van der Waals surface area (Å²) in [6, 6.07) is 1.98. The van der Waals surface area contributed by atoms with Gasteiger partial charge in [0.25, 0.3) is 0 Å². The van der Waals surface area contributed by atoms with Gasteiger partial charge in [-0.15, -0.1) is 0 Å². The summed E-state index contributed by atoms with van der Waals surface area (Å²) in [5.74, 6) is 1.36. The Hall–Kier alpha value is -1.62. The van der Waals surface area contributed by atoms with Gasteiger partial charge in [0.05, 0.1) is 11.8 Å². The topological polar surface area (TPSA) is 60.0 Å². The van der Waals surface area contributed by atoms with Crippen LogP contribution in [0, 0.1) is 5.92 Å². The number of hydrogen-bond acceptors (Lipinski definition) is 4. The molecule has 92 valence electrons. The molecule has 0 amide bonds. The highest BCUT2D eigenvalue weighted by Crippen LogP contribution is 2.21. The minimum atomic E-state index is 0.445. The fourth-order valence-corrected chi connectivity index (χ4v) is 1.96. The lowest BCUT2D eigenvalue weighted by Gasteiger charge is -2.21. The number of nitrogens with two attached hydrogens (primary N) is 1. The zero-order valence-electron chi connectivity index (χ0n) is 10.6. The fourth-order valence-electron chi connectivity index (χ4n) is 1.96. The van der Waals surface area contributed by atoms with Crippen molar-refractivity contribution in [2.75, 3.05) is 25.0 Å². The Balaban J connectivity index is 2.34. The maximum absolute atomic E-state index is 5.65. The van der Waals surface area contributed by atoms with E-state index in [1.165, 1.54) is 0 Å². The van der Waals surface area contributed by atoms with Crippen molar-refractivity contribution >= 4 is 16.9 Å². The Morgan fingerprint density at radius 1 is 1.47 bits per heavy atom. The van der Waals surface area contributed by atoms with E-state index in [1.54, 1.807) is 0 Å². The normalized spacial score (nSPS) is 12.9. The minimum absolute atomic E-state index is 0.445. The first-order valence-corrected chi connectivity index (χ1v) is 5.80. The van der Waals surface area contributed by atoms with Crippen molar-refractivity contribution in [3.05, 3.63) is 18.6 Å². The van der Waals surface area contributed by atoms with Gasteiger partial charge in [-0.2, -0.15) is 0 Å². The Kier molecular flexibility index (Phi) is 3.28. The minimum Gasteiger partial charge on any atom is -0.358 e. The molecule has 2 aromatic rings. The van der Waals surface area contributed by atoms with Gasteiger partial charge >= 0.3 is 0 Å². The molecule has 1 atom stereocenters. The van der Waals surface area contributed by atoms with Crippen LogP contribution in [-0.2, 0) is 7.05 Å². The van der Waals surface area contributed by atoms with E-state index in [0.29, 0.717) is 12.5 Å². The van der Waals surface area contributed by atoms with Gasteiger partial charge in [-0.25, -0.2) is 9.97 Å². The number of imidazole rings is 1. The molecule has 2 heterocycles. The molecular formula is C12H19N5. The number of pyridine rings is 1. The summed E-state index contributed by atoms with van der Waals surface area (Å²) in [5.41, 5.74) is 7.69. The highest BCUT2D eigenvalue weighted by molar-refractivity contribution is 5.86. The predicted octanol–water partition coefficient (Wildman–Crippen LogP) is 0.999. The molecule has 0 spiro atoms. The monoisotopic (exact) mass is 233 g/mol. The van der Waals surface area contributed by atoms with Crippen LogP contribution in [-0.4, -0.2) is 34.7 Å². The second kappa shape index (κ2) is 4.71. The predicted molar refractivity (Wildman–Crippen MR) is 70.0 cm³/mol. The third-order valence-corrected chi connectivity index (χ3v) is 2.97. The van der Waals surface area contributed by atoms with Crippen LogP contribution in [0.25, 0.3) is 11.0 Å². The smallest absolute Gasteiger partial charge is 0.156 e. The molecule has 5 nitrogen and oxygen atoms in total. The highest BCUT2D eigenvalue weighted by atomic mass is 15.2. The van der Waals surface area contributed by atoms with E-state index >= 15 is 0 Å². The molecule has 2 rings (SSSR count). The number of rotatable bonds is 4. The van der Waals surface area contributed by atoms with Crippen molar-refractivity contribution in [3.8, 4) is 0 Å². The first-order valence-electron chi connectivity index (χ1n) is 5.80. The molecule has 0 aliphatic carbocycles. The summed E-state index contributed by atoms with van der Waals surface area (Å²) >= 11 is 0. The standard InChI is InChI=1S/C12H19N5/c1-9(6-13)7-16(2)12-11-10(4-5-14-12)17(3)8-15-11/h4-5,8-9H,6-7,13H2,1-3H3. The average Bonchev–Trinajstić information content (AvgIpc) is 2.71. The van der Waals surface area contributed by atoms with Crippen molar-refractivity contribution < 1.29 is 0 Å². The first-order chi connectivity index (χ1) is 8.13. The van der Waals surface area contributed by atoms with Crippen LogP contribution >= 0.6 is 0 Å². The molecule has 2 N–H and O–H groups in total. The van der Waals surface area contributed by atoms with Crippen molar-refractivity contribution in [1.29, 1.82) is 0 Å². The van der Waals surface area contributed by atoms with Gasteiger partial charge in [0.15, 0.2) is 5.82 Å². The molecule has 0 bridgehead atoms. The van der Waals surface area contributed by atoms with Crippen LogP contribution in [0.5, 0.6) is 0 Å². The molecule has 0 aliphatic heterocycles. The molecule has 0 radical (unpaired) electrons. The number of hydrogen-bond donors (Lipinski definition) is 1. The van der Waals surface area contributed by atoms with E-state index in [9.17, 15) is 0 Å². The second-order valence-electron chi connectivity index (χ2n) is 4.58. The molecule has 0 saturated carbocycles. The number of anilines is 1. The third-order valence-electron chi connectivity index (χ3n) is 2.97. The van der Waals surface area contributed by atoms with Gasteiger partial charge in [0.2, 0.25) is 0 Å².